The molecule has 11 heteroatoms. The Morgan fingerprint density at radius 2 is 1.93 bits per heavy atom. The number of nitrogens with two attached hydrogens (primary N) is 1. The summed E-state index contributed by atoms with van der Waals surface area (Å²) < 4.78 is 23.0. The monoisotopic (exact) mass is 554 g/mol. The maximum Gasteiger partial charge on any atom is 0.408 e. The number of aryl methyl sites for hydroxylation is 1. The minimum absolute atomic E-state index is 0.0818. The summed E-state index contributed by atoms with van der Waals surface area (Å²) in [7, 11) is 1.59. The van der Waals surface area contributed by atoms with Crippen LogP contribution in [0.15, 0.2) is 30.4 Å². The molecule has 1 aromatic heterocycles. The quantitative estimate of drug-likeness (QED) is 0.426. The standard InChI is InChI=1S/C29H38N4O7/c1-6-38-24-14-23(20-11-12-22(37-5)17(4)26(20)31-24)39-19-13-21(27(30)34)33(15-19)28(35)25(16(2)3)32-29(36)40-18-9-7-8-10-18/h11-12,14,18-19,21,25H,2,6-10,13,15H2,1,3-5H3,(H2,30,34)(H,32,36)/t19-,21+,25+/m1/s1. The van der Waals surface area contributed by atoms with Crippen LogP contribution in [-0.4, -0.2) is 72.3 Å². The van der Waals surface area contributed by atoms with Gasteiger partial charge in [-0.05, 0) is 64.2 Å². The number of hydrogen-bond donors (Lipinski definition) is 2. The van der Waals surface area contributed by atoms with Crippen molar-refractivity contribution in [1.29, 1.82) is 0 Å². The molecule has 1 aliphatic carbocycles. The summed E-state index contributed by atoms with van der Waals surface area (Å²) in [6.45, 7) is 9.76. The predicted octanol–water partition coefficient (Wildman–Crippen LogP) is 3.40. The van der Waals surface area contributed by atoms with Crippen molar-refractivity contribution in [3.63, 3.8) is 0 Å². The van der Waals surface area contributed by atoms with E-state index in [1.807, 2.05) is 26.0 Å². The van der Waals surface area contributed by atoms with Crippen molar-refractivity contribution in [2.75, 3.05) is 20.3 Å². The number of primary amides is 1. The van der Waals surface area contributed by atoms with Crippen molar-refractivity contribution in [3.8, 4) is 17.4 Å². The molecule has 2 heterocycles. The van der Waals surface area contributed by atoms with Crippen LogP contribution >= 0.6 is 0 Å². The van der Waals surface area contributed by atoms with Crippen LogP contribution in [0.3, 0.4) is 0 Å². The van der Waals surface area contributed by atoms with Gasteiger partial charge in [0.05, 0.1) is 25.8 Å². The number of fused-ring (bicyclic) bond motifs is 1. The van der Waals surface area contributed by atoms with Gasteiger partial charge in [-0.15, -0.1) is 0 Å². The SMILES string of the molecule is C=C(C)[C@H](NC(=O)OC1CCCC1)C(=O)N1C[C@H](Oc2cc(OCC)nc3c(C)c(OC)ccc23)C[C@H]1C(N)=O. The molecule has 0 unspecified atom stereocenters. The molecule has 0 spiro atoms. The van der Waals surface area contributed by atoms with Crippen LogP contribution in [0.1, 0.15) is 51.5 Å². The number of hydrogen-bond acceptors (Lipinski definition) is 8. The van der Waals surface area contributed by atoms with Gasteiger partial charge in [-0.2, -0.15) is 0 Å². The Morgan fingerprint density at radius 1 is 1.20 bits per heavy atom. The topological polar surface area (TPSA) is 142 Å². The van der Waals surface area contributed by atoms with Gasteiger partial charge >= 0.3 is 6.09 Å². The van der Waals surface area contributed by atoms with Gasteiger partial charge in [0.15, 0.2) is 0 Å². The number of alkyl carbamates (subject to hydrolysis) is 1. The molecule has 1 aliphatic heterocycles. The highest BCUT2D eigenvalue weighted by Crippen LogP contribution is 2.36. The summed E-state index contributed by atoms with van der Waals surface area (Å²) in [5.74, 6) is 0.392. The van der Waals surface area contributed by atoms with E-state index in [1.165, 1.54) is 4.90 Å². The van der Waals surface area contributed by atoms with Gasteiger partial charge in [0.1, 0.15) is 35.8 Å². The number of likely N-dealkylation sites (tertiary alicyclic amines) is 1. The van der Waals surface area contributed by atoms with Crippen LogP contribution < -0.4 is 25.3 Å². The second-order valence-electron chi connectivity index (χ2n) is 10.3. The maximum absolute atomic E-state index is 13.6. The summed E-state index contributed by atoms with van der Waals surface area (Å²) in [5.41, 5.74) is 7.60. The Balaban J connectivity index is 1.56. The van der Waals surface area contributed by atoms with Crippen LogP contribution in [0.5, 0.6) is 17.4 Å². The van der Waals surface area contributed by atoms with Crippen molar-refractivity contribution in [3.05, 3.63) is 35.9 Å². The highest BCUT2D eigenvalue weighted by molar-refractivity contribution is 5.93. The number of carbonyl (C=O) groups excluding carboxylic acids is 3. The van der Waals surface area contributed by atoms with E-state index in [4.69, 9.17) is 24.7 Å². The molecule has 2 aliphatic rings. The van der Waals surface area contributed by atoms with E-state index < -0.39 is 36.1 Å². The fourth-order valence-corrected chi connectivity index (χ4v) is 5.34. The van der Waals surface area contributed by atoms with E-state index in [0.717, 1.165) is 36.6 Å². The van der Waals surface area contributed by atoms with Crippen LogP contribution in [0.25, 0.3) is 10.9 Å². The summed E-state index contributed by atoms with van der Waals surface area (Å²) in [4.78, 5) is 44.6. The van der Waals surface area contributed by atoms with E-state index in [0.29, 0.717) is 35.1 Å². The summed E-state index contributed by atoms with van der Waals surface area (Å²) >= 11 is 0. The van der Waals surface area contributed by atoms with Gasteiger partial charge in [-0.25, -0.2) is 9.78 Å². The van der Waals surface area contributed by atoms with E-state index in [-0.39, 0.29) is 19.1 Å². The number of methoxy groups -OCH3 is 1. The van der Waals surface area contributed by atoms with Gasteiger partial charge in [-0.3, -0.25) is 9.59 Å². The summed E-state index contributed by atoms with van der Waals surface area (Å²) in [6.07, 6.45) is 2.38. The molecule has 40 heavy (non-hydrogen) atoms. The van der Waals surface area contributed by atoms with Crippen LogP contribution in [-0.2, 0) is 14.3 Å². The largest absolute Gasteiger partial charge is 0.496 e. The van der Waals surface area contributed by atoms with Crippen LogP contribution in [0.2, 0.25) is 0 Å². The average Bonchev–Trinajstić information content (AvgIpc) is 3.58. The molecule has 2 aromatic rings. The zero-order chi connectivity index (χ0) is 29.0. The first-order valence-electron chi connectivity index (χ1n) is 13.6. The molecule has 3 atom stereocenters. The number of amides is 3. The van der Waals surface area contributed by atoms with E-state index in [9.17, 15) is 14.4 Å². The van der Waals surface area contributed by atoms with E-state index in [1.54, 1.807) is 20.1 Å². The number of pyridine rings is 1. The van der Waals surface area contributed by atoms with Crippen LogP contribution in [0.4, 0.5) is 4.79 Å². The highest BCUT2D eigenvalue weighted by atomic mass is 16.6. The molecule has 4 rings (SSSR count). The van der Waals surface area contributed by atoms with Gasteiger partial charge in [0, 0.05) is 23.4 Å². The second-order valence-corrected chi connectivity index (χ2v) is 10.3. The van der Waals surface area contributed by atoms with Crippen molar-refractivity contribution in [2.24, 2.45) is 5.73 Å². The molecule has 0 radical (unpaired) electrons. The number of rotatable bonds is 10. The lowest BCUT2D eigenvalue weighted by Crippen LogP contribution is -2.53. The molecular weight excluding hydrogens is 516 g/mol. The lowest BCUT2D eigenvalue weighted by molar-refractivity contribution is -0.138. The smallest absolute Gasteiger partial charge is 0.408 e. The molecule has 216 valence electrons. The third kappa shape index (κ3) is 6.24. The first-order chi connectivity index (χ1) is 19.1. The molecule has 2 fully saturated rings. The molecule has 11 nitrogen and oxygen atoms in total. The van der Waals surface area contributed by atoms with Crippen LogP contribution in [0, 0.1) is 6.92 Å². The molecular formula is C29H38N4O7. The van der Waals surface area contributed by atoms with Gasteiger partial charge in [-0.1, -0.05) is 6.58 Å². The maximum atomic E-state index is 13.6. The van der Waals surface area contributed by atoms with Crippen molar-refractivity contribution in [2.45, 2.75) is 77.2 Å². The predicted molar refractivity (Wildman–Crippen MR) is 148 cm³/mol. The molecule has 1 aromatic carbocycles. The minimum Gasteiger partial charge on any atom is -0.496 e. The third-order valence-electron chi connectivity index (χ3n) is 7.38. The Hall–Kier alpha value is -4.02. The second kappa shape index (κ2) is 12.4. The van der Waals surface area contributed by atoms with E-state index >= 15 is 0 Å². The Labute approximate surface area is 234 Å². The van der Waals surface area contributed by atoms with Crippen molar-refractivity contribution < 1.29 is 33.3 Å². The molecule has 3 N–H and O–H groups in total. The fraction of sp³-hybridized carbons (Fsp3) is 0.517. The third-order valence-corrected chi connectivity index (χ3v) is 7.38. The number of benzene rings is 1. The van der Waals surface area contributed by atoms with Gasteiger partial charge in [0.2, 0.25) is 17.7 Å². The van der Waals surface area contributed by atoms with Crippen molar-refractivity contribution >= 4 is 28.8 Å². The summed E-state index contributed by atoms with van der Waals surface area (Å²) in [6, 6.07) is 3.37. The average molecular weight is 555 g/mol. The lowest BCUT2D eigenvalue weighted by Gasteiger charge is -2.28. The Morgan fingerprint density at radius 3 is 2.55 bits per heavy atom. The Kier molecular flexibility index (Phi) is 9.01. The van der Waals surface area contributed by atoms with Gasteiger partial charge in [0.25, 0.3) is 0 Å². The van der Waals surface area contributed by atoms with Gasteiger partial charge < -0.3 is 34.9 Å². The zero-order valence-corrected chi connectivity index (χ0v) is 23.5. The molecule has 1 saturated carbocycles. The first kappa shape index (κ1) is 29.0. The number of carbonyl (C=O) groups is 3. The van der Waals surface area contributed by atoms with Crippen molar-refractivity contribution in [1.82, 2.24) is 15.2 Å². The number of aromatic nitrogens is 1. The van der Waals surface area contributed by atoms with E-state index in [2.05, 4.69) is 16.9 Å². The number of nitrogens with zero attached hydrogens (tertiary/aromatic N) is 2. The molecule has 3 amide bonds. The normalized spacial score (nSPS) is 19.8. The number of nitrogens with one attached hydrogen (secondary N) is 1. The summed E-state index contributed by atoms with van der Waals surface area (Å²) in [5, 5.41) is 3.36. The first-order valence-corrected chi connectivity index (χ1v) is 13.6. The lowest BCUT2D eigenvalue weighted by atomic mass is 10.1. The number of ether oxygens (including phenoxy) is 4. The minimum atomic E-state index is -1.07. The Bertz CT molecular complexity index is 1290. The highest BCUT2D eigenvalue weighted by Gasteiger charge is 2.43. The molecule has 0 bridgehead atoms. The zero-order valence-electron chi connectivity index (χ0n) is 23.5. The molecule has 1 saturated heterocycles. The fourth-order valence-electron chi connectivity index (χ4n) is 5.34.